The minimum atomic E-state index is -1.53. The molecule has 3 aromatic rings. The largest absolute Gasteiger partial charge is 0.491 e. The van der Waals surface area contributed by atoms with E-state index in [1.165, 1.54) is 28.7 Å². The van der Waals surface area contributed by atoms with Crippen molar-refractivity contribution in [1.82, 2.24) is 25.5 Å². The molecule has 3 saturated carbocycles. The smallest absolute Gasteiger partial charge is 0.408 e. The molecule has 8 rings (SSSR count). The fourth-order valence-electron chi connectivity index (χ4n) is 9.13. The first-order valence-electron chi connectivity index (χ1n) is 22.3. The highest BCUT2D eigenvalue weighted by Crippen LogP contribution is 2.52. The molecule has 3 amide bonds. The number of amides is 3. The highest BCUT2D eigenvalue weighted by Gasteiger charge is 2.61. The zero-order chi connectivity index (χ0) is 44.6. The number of fused-ring (bicyclic) bond motifs is 2. The number of carbonyl (C=O) groups is 4. The second-order valence-corrected chi connectivity index (χ2v) is 19.9. The van der Waals surface area contributed by atoms with Crippen LogP contribution in [0.2, 0.25) is 0 Å². The van der Waals surface area contributed by atoms with Crippen molar-refractivity contribution in [3.05, 3.63) is 42.3 Å². The van der Waals surface area contributed by atoms with Crippen LogP contribution < -0.4 is 25.4 Å². The minimum Gasteiger partial charge on any atom is -0.491 e. The number of aliphatic carboxylic acids is 1. The van der Waals surface area contributed by atoms with Gasteiger partial charge < -0.3 is 49.6 Å². The van der Waals surface area contributed by atoms with E-state index in [0.29, 0.717) is 65.4 Å². The first-order chi connectivity index (χ1) is 30.1. The van der Waals surface area contributed by atoms with Gasteiger partial charge in [-0.2, -0.15) is 0 Å². The number of anilines is 1. The first kappa shape index (κ1) is 44.6. The number of nitrogens with zero attached hydrogens (tertiary/aromatic N) is 3. The summed E-state index contributed by atoms with van der Waals surface area (Å²) in [5, 5.41) is 22.4. The Hall–Kier alpha value is -5.00. The summed E-state index contributed by atoms with van der Waals surface area (Å²) in [6.45, 7) is 14.7. The van der Waals surface area contributed by atoms with Gasteiger partial charge in [-0.05, 0) is 88.2 Å². The van der Waals surface area contributed by atoms with E-state index in [1.54, 1.807) is 6.07 Å². The Labute approximate surface area is 371 Å². The van der Waals surface area contributed by atoms with Gasteiger partial charge in [0.05, 0.1) is 24.4 Å². The van der Waals surface area contributed by atoms with Crippen LogP contribution in [0.5, 0.6) is 11.5 Å². The van der Waals surface area contributed by atoms with Gasteiger partial charge in [0.15, 0.2) is 11.4 Å². The van der Waals surface area contributed by atoms with Gasteiger partial charge in [-0.3, -0.25) is 9.59 Å². The standard InChI is InChI=1S/C46H60N6O10S/c1-7-28-22-46(28,42(55)56)51-40(53)36-20-31(23-52(36)41(54)39(45(4,5)6)50-44(57)62-30-17-26-16-27(26)18-30)61-37-21-34(35-24-63-43(49-35)47-25(2)3)48-33-19-29(11-12-32(33)37)58-14-15-60-38-10-8-9-13-59-38/h7,11-12,19,21,24-28,30-31,36,38-39H,1,8-10,13-18,20,22-23H2,2-6H3,(H,47,49)(H,50,57)(H,51,53)(H,55,56)/t26-,27?,28+,30?,31-,36-,38?,39-,46-/m0/s1. The summed E-state index contributed by atoms with van der Waals surface area (Å²) in [5.41, 5.74) is -0.566. The molecule has 63 heavy (non-hydrogen) atoms. The maximum absolute atomic E-state index is 14.8. The molecule has 3 unspecified atom stereocenters. The van der Waals surface area contributed by atoms with Crippen LogP contribution in [0.1, 0.15) is 86.0 Å². The maximum atomic E-state index is 14.8. The molecule has 3 aliphatic carbocycles. The number of likely N-dealkylation sites (tertiary alicyclic amines) is 1. The number of hydrogen-bond donors (Lipinski definition) is 4. The second kappa shape index (κ2) is 18.2. The quantitative estimate of drug-likeness (QED) is 0.0843. The summed E-state index contributed by atoms with van der Waals surface area (Å²) in [6, 6.07) is 5.29. The summed E-state index contributed by atoms with van der Waals surface area (Å²) in [5.74, 6) is -0.552. The van der Waals surface area contributed by atoms with Gasteiger partial charge in [0.25, 0.3) is 0 Å². The lowest BCUT2D eigenvalue weighted by Gasteiger charge is -2.35. The van der Waals surface area contributed by atoms with Crippen molar-refractivity contribution in [3.8, 4) is 22.9 Å². The zero-order valence-corrected chi connectivity index (χ0v) is 37.5. The summed E-state index contributed by atoms with van der Waals surface area (Å²) < 4.78 is 30.2. The van der Waals surface area contributed by atoms with Crippen LogP contribution in [-0.2, 0) is 28.6 Å². The van der Waals surface area contributed by atoms with Crippen molar-refractivity contribution < 1.29 is 48.0 Å². The first-order valence-corrected chi connectivity index (χ1v) is 23.1. The third-order valence-electron chi connectivity index (χ3n) is 12.7. The molecule has 340 valence electrons. The lowest BCUT2D eigenvalue weighted by atomic mass is 9.85. The number of rotatable bonds is 17. The van der Waals surface area contributed by atoms with Crippen molar-refractivity contribution >= 4 is 51.2 Å². The Kier molecular flexibility index (Phi) is 12.9. The molecular weight excluding hydrogens is 829 g/mol. The van der Waals surface area contributed by atoms with Gasteiger partial charge >= 0.3 is 12.1 Å². The van der Waals surface area contributed by atoms with E-state index >= 15 is 0 Å². The summed E-state index contributed by atoms with van der Waals surface area (Å²) in [4.78, 5) is 66.0. The Balaban J connectivity index is 1.06. The molecule has 4 N–H and O–H groups in total. The number of ether oxygens (including phenoxy) is 5. The highest BCUT2D eigenvalue weighted by molar-refractivity contribution is 7.14. The molecule has 0 bridgehead atoms. The van der Waals surface area contributed by atoms with Crippen LogP contribution in [0.3, 0.4) is 0 Å². The molecule has 5 fully saturated rings. The molecule has 9 atom stereocenters. The summed E-state index contributed by atoms with van der Waals surface area (Å²) >= 11 is 1.46. The molecule has 16 nitrogen and oxygen atoms in total. The van der Waals surface area contributed by atoms with Crippen LogP contribution in [0, 0.1) is 23.2 Å². The van der Waals surface area contributed by atoms with Crippen LogP contribution in [0.4, 0.5) is 9.93 Å². The average Bonchev–Trinajstić information content (AvgIpc) is 3.91. The molecule has 5 aliphatic rings. The average molecular weight is 889 g/mol. The lowest BCUT2D eigenvalue weighted by Crippen LogP contribution is -2.59. The van der Waals surface area contributed by atoms with E-state index in [-0.39, 0.29) is 37.8 Å². The number of pyridine rings is 1. The van der Waals surface area contributed by atoms with Crippen LogP contribution in [0.15, 0.2) is 42.3 Å². The lowest BCUT2D eigenvalue weighted by molar-refractivity contribution is -0.165. The molecule has 4 heterocycles. The third-order valence-corrected chi connectivity index (χ3v) is 13.5. The molecule has 0 radical (unpaired) electrons. The van der Waals surface area contributed by atoms with Crippen LogP contribution >= 0.6 is 11.3 Å². The number of nitrogens with one attached hydrogen (secondary N) is 3. The predicted molar refractivity (Wildman–Crippen MR) is 235 cm³/mol. The van der Waals surface area contributed by atoms with Gasteiger partial charge in [0, 0.05) is 47.9 Å². The normalized spacial score (nSPS) is 27.9. The SMILES string of the molecule is C=C[C@@H]1C[C@@]1(NC(=O)[C@@H]1C[C@H](Oc2cc(-c3csc(NC(C)C)n3)nc3cc(OCCOC4CCCCO4)ccc23)CN1C(=O)[C@H](NC(=O)OC1CC2C[C@H]2C1)C(C)(C)C)C(=O)O. The monoisotopic (exact) mass is 888 g/mol. The third kappa shape index (κ3) is 10.2. The molecule has 1 aromatic carbocycles. The fraction of sp³-hybridized carbons (Fsp3) is 0.609. The molecule has 2 aliphatic heterocycles. The van der Waals surface area contributed by atoms with Gasteiger partial charge in [-0.1, -0.05) is 26.8 Å². The Morgan fingerprint density at radius 3 is 2.52 bits per heavy atom. The van der Waals surface area contributed by atoms with E-state index in [9.17, 15) is 24.3 Å². The number of alkyl carbamates (subject to hydrolysis) is 1. The van der Waals surface area contributed by atoms with Gasteiger partial charge in [0.1, 0.15) is 53.6 Å². The molecule has 17 heteroatoms. The van der Waals surface area contributed by atoms with Crippen LogP contribution in [-0.4, -0.2) is 112 Å². The van der Waals surface area contributed by atoms with E-state index in [0.717, 1.165) is 37.2 Å². The number of thiazole rings is 1. The van der Waals surface area contributed by atoms with Gasteiger partial charge in [-0.15, -0.1) is 17.9 Å². The van der Waals surface area contributed by atoms with E-state index < -0.39 is 58.9 Å². The number of carbonyl (C=O) groups excluding carboxylic acids is 3. The fourth-order valence-corrected chi connectivity index (χ4v) is 9.98. The minimum absolute atomic E-state index is 0.0264. The summed E-state index contributed by atoms with van der Waals surface area (Å²) in [6.07, 6.45) is 5.69. The topological polar surface area (TPSA) is 200 Å². The number of hydrogen-bond acceptors (Lipinski definition) is 13. The van der Waals surface area contributed by atoms with E-state index in [2.05, 4.69) is 22.5 Å². The van der Waals surface area contributed by atoms with Crippen molar-refractivity contribution in [2.75, 3.05) is 31.7 Å². The van der Waals surface area contributed by atoms with Crippen molar-refractivity contribution in [1.29, 1.82) is 0 Å². The highest BCUT2D eigenvalue weighted by atomic mass is 32.1. The number of carboxylic acid groups (broad SMARTS) is 1. The van der Waals surface area contributed by atoms with Crippen molar-refractivity contribution in [3.63, 3.8) is 0 Å². The number of carboxylic acids is 1. The molecule has 2 aromatic heterocycles. The van der Waals surface area contributed by atoms with Gasteiger partial charge in [0.2, 0.25) is 11.8 Å². The molecular formula is C46H60N6O10S. The van der Waals surface area contributed by atoms with E-state index in [4.69, 9.17) is 33.7 Å². The Morgan fingerprint density at radius 1 is 1.05 bits per heavy atom. The Morgan fingerprint density at radius 2 is 1.84 bits per heavy atom. The predicted octanol–water partition coefficient (Wildman–Crippen LogP) is 6.53. The van der Waals surface area contributed by atoms with Gasteiger partial charge in [-0.25, -0.2) is 19.6 Å². The number of benzene rings is 1. The van der Waals surface area contributed by atoms with Crippen molar-refractivity contribution in [2.45, 2.75) is 128 Å². The van der Waals surface area contributed by atoms with E-state index in [1.807, 2.05) is 58.2 Å². The number of aromatic nitrogens is 2. The molecule has 2 saturated heterocycles. The van der Waals surface area contributed by atoms with Crippen molar-refractivity contribution in [2.24, 2.45) is 23.2 Å². The van der Waals surface area contributed by atoms with Crippen LogP contribution in [0.25, 0.3) is 22.3 Å². The Bertz CT molecular complexity index is 2190. The maximum Gasteiger partial charge on any atom is 0.408 e. The zero-order valence-electron chi connectivity index (χ0n) is 36.7. The molecule has 0 spiro atoms. The summed E-state index contributed by atoms with van der Waals surface area (Å²) in [7, 11) is 0. The second-order valence-electron chi connectivity index (χ2n) is 19.0.